The van der Waals surface area contributed by atoms with Gasteiger partial charge in [0.15, 0.2) is 0 Å². The average Bonchev–Trinajstić information content (AvgIpc) is 3.49. The van der Waals surface area contributed by atoms with E-state index in [1.807, 2.05) is 41.3 Å². The van der Waals surface area contributed by atoms with Crippen molar-refractivity contribution in [2.45, 2.75) is 45.1 Å². The Labute approximate surface area is 233 Å². The Morgan fingerprint density at radius 2 is 1.49 bits per heavy atom. The summed E-state index contributed by atoms with van der Waals surface area (Å²) in [7, 11) is 0. The molecule has 0 saturated carbocycles. The van der Waals surface area contributed by atoms with Gasteiger partial charge in [0.2, 0.25) is 0 Å². The molecule has 208 valence electrons. The van der Waals surface area contributed by atoms with Gasteiger partial charge in [0, 0.05) is 31.4 Å². The van der Waals surface area contributed by atoms with Gasteiger partial charge in [-0.1, -0.05) is 24.3 Å². The number of ether oxygens (including phenoxy) is 1. The van der Waals surface area contributed by atoms with Gasteiger partial charge in [-0.3, -0.25) is 4.90 Å². The number of hydrogen-bond acceptors (Lipinski definition) is 6. The van der Waals surface area contributed by atoms with Gasteiger partial charge in [-0.15, -0.1) is 12.8 Å². The van der Waals surface area contributed by atoms with E-state index in [1.165, 1.54) is 56.3 Å². The predicted molar refractivity (Wildman–Crippen MR) is 158 cm³/mol. The lowest BCUT2D eigenvalue weighted by Crippen LogP contribution is -2.26. The molecule has 1 fully saturated rings. The number of phenols is 2. The third kappa shape index (κ3) is 9.86. The molecule has 3 aromatic rings. The zero-order valence-corrected chi connectivity index (χ0v) is 22.8. The number of anilines is 1. The third-order valence-corrected chi connectivity index (χ3v) is 7.07. The highest BCUT2D eigenvalue weighted by Gasteiger charge is 2.11. The van der Waals surface area contributed by atoms with Gasteiger partial charge in [0.05, 0.1) is 6.61 Å². The molecule has 0 aromatic heterocycles. The highest BCUT2D eigenvalue weighted by molar-refractivity contribution is 5.51. The van der Waals surface area contributed by atoms with Crippen molar-refractivity contribution in [3.05, 3.63) is 83.4 Å². The van der Waals surface area contributed by atoms with Crippen molar-refractivity contribution in [3.8, 4) is 30.1 Å². The van der Waals surface area contributed by atoms with E-state index in [4.69, 9.17) is 4.74 Å². The molecule has 2 aliphatic rings. The first kappa shape index (κ1) is 29.9. The molecule has 6 nitrogen and oxygen atoms in total. The summed E-state index contributed by atoms with van der Waals surface area (Å²) in [4.78, 5) is 4.49. The molecule has 3 N–H and O–H groups in total. The van der Waals surface area contributed by atoms with Crippen LogP contribution in [-0.2, 0) is 19.4 Å². The van der Waals surface area contributed by atoms with Crippen LogP contribution in [-0.4, -0.2) is 59.6 Å². The first-order valence-corrected chi connectivity index (χ1v) is 13.8. The Kier molecular flexibility index (Phi) is 12.5. The molecule has 0 atom stereocenters. The first-order valence-electron chi connectivity index (χ1n) is 13.8. The summed E-state index contributed by atoms with van der Waals surface area (Å²) < 4.78 is 5.85. The van der Waals surface area contributed by atoms with Crippen molar-refractivity contribution in [2.75, 3.05) is 44.3 Å². The summed E-state index contributed by atoms with van der Waals surface area (Å²) in [6.45, 7) is 5.34. The van der Waals surface area contributed by atoms with E-state index in [1.54, 1.807) is 18.2 Å². The quantitative estimate of drug-likeness (QED) is 0.322. The molecule has 0 unspecified atom stereocenters. The molecule has 1 heterocycles. The number of benzene rings is 3. The molecule has 0 bridgehead atoms. The number of aromatic hydroxyl groups is 2. The first-order chi connectivity index (χ1) is 19.1. The number of aryl methyl sites for hydroxylation is 2. The lowest BCUT2D eigenvalue weighted by Gasteiger charge is -2.24. The van der Waals surface area contributed by atoms with Crippen LogP contribution in [0.4, 0.5) is 5.69 Å². The molecule has 0 amide bonds. The third-order valence-electron chi connectivity index (χ3n) is 7.07. The van der Waals surface area contributed by atoms with Crippen LogP contribution in [0.2, 0.25) is 0 Å². The molecular formula is C33H42N2O4. The van der Waals surface area contributed by atoms with Crippen LogP contribution in [0.5, 0.6) is 17.2 Å². The summed E-state index contributed by atoms with van der Waals surface area (Å²) in [5, 5.41) is 28.2. The van der Waals surface area contributed by atoms with Gasteiger partial charge in [-0.25, -0.2) is 0 Å². The molecule has 3 aromatic carbocycles. The standard InChI is InChI=1S/C21H28N2O3.C10H12O.C2H2/c24-14-12-23(19-4-3-5-20(25)16-19)17-18-6-8-21(9-7-18)26-15-13-22-10-1-2-11-22;11-10-6-5-8-3-1-2-4-9(8)7-10;1-2/h3-9,16,24-25H,1-2,10-15,17H2;5-7,11H,1-4H2;1-2H. The van der Waals surface area contributed by atoms with E-state index in [2.05, 4.69) is 29.9 Å². The fraction of sp³-hybridized carbons (Fsp3) is 0.394. The monoisotopic (exact) mass is 530 g/mol. The van der Waals surface area contributed by atoms with Crippen molar-refractivity contribution in [2.24, 2.45) is 0 Å². The van der Waals surface area contributed by atoms with Gasteiger partial charge in [0.25, 0.3) is 0 Å². The predicted octanol–water partition coefficient (Wildman–Crippen LogP) is 5.39. The number of nitrogens with zero attached hydrogens (tertiary/aromatic N) is 2. The molecule has 39 heavy (non-hydrogen) atoms. The summed E-state index contributed by atoms with van der Waals surface area (Å²) >= 11 is 0. The zero-order chi connectivity index (χ0) is 27.9. The number of rotatable bonds is 9. The van der Waals surface area contributed by atoms with Crippen LogP contribution in [0.15, 0.2) is 66.7 Å². The second-order valence-electron chi connectivity index (χ2n) is 9.87. The largest absolute Gasteiger partial charge is 0.508 e. The fourth-order valence-corrected chi connectivity index (χ4v) is 5.04. The van der Waals surface area contributed by atoms with Gasteiger partial charge in [-0.2, -0.15) is 0 Å². The van der Waals surface area contributed by atoms with Gasteiger partial charge >= 0.3 is 0 Å². The van der Waals surface area contributed by atoms with Crippen LogP contribution in [0.1, 0.15) is 42.4 Å². The number of phenolic OH excluding ortho intramolecular Hbond substituents is 2. The van der Waals surface area contributed by atoms with Crippen LogP contribution >= 0.6 is 0 Å². The summed E-state index contributed by atoms with van der Waals surface area (Å²) in [5.74, 6) is 1.52. The van der Waals surface area contributed by atoms with E-state index in [0.29, 0.717) is 18.8 Å². The highest BCUT2D eigenvalue weighted by atomic mass is 16.5. The molecule has 1 aliphatic carbocycles. The van der Waals surface area contributed by atoms with Crippen LogP contribution in [0, 0.1) is 12.8 Å². The molecule has 6 heteroatoms. The molecule has 5 rings (SSSR count). The van der Waals surface area contributed by atoms with Gasteiger partial charge in [0.1, 0.15) is 23.9 Å². The SMILES string of the molecule is C#C.OCCN(Cc1ccc(OCCN2CCCC2)cc1)c1cccc(O)c1.Oc1ccc2c(c1)CCCC2. The van der Waals surface area contributed by atoms with E-state index >= 15 is 0 Å². The molecule has 1 aliphatic heterocycles. The number of aliphatic hydroxyl groups is 1. The smallest absolute Gasteiger partial charge is 0.119 e. The van der Waals surface area contributed by atoms with Gasteiger partial charge < -0.3 is 25.0 Å². The molecule has 0 spiro atoms. The number of fused-ring (bicyclic) bond motifs is 1. The summed E-state index contributed by atoms with van der Waals surface area (Å²) in [5.41, 5.74) is 4.80. The normalized spacial score (nSPS) is 14.2. The van der Waals surface area contributed by atoms with Crippen molar-refractivity contribution in [1.82, 2.24) is 4.90 Å². The van der Waals surface area contributed by atoms with Crippen LogP contribution < -0.4 is 9.64 Å². The Morgan fingerprint density at radius 1 is 0.795 bits per heavy atom. The average molecular weight is 531 g/mol. The maximum absolute atomic E-state index is 9.68. The van der Waals surface area contributed by atoms with Crippen molar-refractivity contribution >= 4 is 5.69 Å². The minimum Gasteiger partial charge on any atom is -0.508 e. The number of aliphatic hydroxyl groups excluding tert-OH is 1. The Hall–Kier alpha value is -3.66. The summed E-state index contributed by atoms with van der Waals surface area (Å²) in [6, 6.07) is 20.9. The molecule has 0 radical (unpaired) electrons. The van der Waals surface area contributed by atoms with Gasteiger partial charge in [-0.05, 0) is 105 Å². The van der Waals surface area contributed by atoms with Crippen molar-refractivity contribution < 1.29 is 20.1 Å². The Morgan fingerprint density at radius 3 is 2.18 bits per heavy atom. The van der Waals surface area contributed by atoms with Crippen LogP contribution in [0.3, 0.4) is 0 Å². The van der Waals surface area contributed by atoms with Crippen LogP contribution in [0.25, 0.3) is 0 Å². The summed E-state index contributed by atoms with van der Waals surface area (Å²) in [6.07, 6.45) is 15.5. The van der Waals surface area contributed by atoms with Crippen molar-refractivity contribution in [1.29, 1.82) is 0 Å². The minimum absolute atomic E-state index is 0.0628. The maximum Gasteiger partial charge on any atom is 0.119 e. The number of hydrogen-bond donors (Lipinski definition) is 3. The Balaban J connectivity index is 0.000000267. The second kappa shape index (κ2) is 16.3. The number of terminal acetylenes is 1. The van der Waals surface area contributed by atoms with Crippen molar-refractivity contribution in [3.63, 3.8) is 0 Å². The van der Waals surface area contributed by atoms with E-state index < -0.39 is 0 Å². The minimum atomic E-state index is 0.0628. The molecular weight excluding hydrogens is 488 g/mol. The maximum atomic E-state index is 9.68. The molecule has 1 saturated heterocycles. The second-order valence-corrected chi connectivity index (χ2v) is 9.87. The lowest BCUT2D eigenvalue weighted by atomic mass is 9.92. The highest BCUT2D eigenvalue weighted by Crippen LogP contribution is 2.25. The van der Waals surface area contributed by atoms with E-state index in [-0.39, 0.29) is 12.4 Å². The number of likely N-dealkylation sites (tertiary alicyclic amines) is 1. The lowest BCUT2D eigenvalue weighted by molar-refractivity contribution is 0.238. The topological polar surface area (TPSA) is 76.4 Å². The fourth-order valence-electron chi connectivity index (χ4n) is 5.04. The zero-order valence-electron chi connectivity index (χ0n) is 22.8. The Bertz CT molecular complexity index is 1140. The van der Waals surface area contributed by atoms with E-state index in [0.717, 1.165) is 36.6 Å². The van der Waals surface area contributed by atoms with E-state index in [9.17, 15) is 15.3 Å².